The Bertz CT molecular complexity index is 974. The minimum Gasteiger partial charge on any atom is -0.378 e. The van der Waals surface area contributed by atoms with Gasteiger partial charge >= 0.3 is 0 Å². The Kier molecular flexibility index (Phi) is 4.43. The van der Waals surface area contributed by atoms with Crippen molar-refractivity contribution in [3.63, 3.8) is 0 Å². The molecule has 3 nitrogen and oxygen atoms in total. The van der Waals surface area contributed by atoms with Gasteiger partial charge in [-0.05, 0) is 71.3 Å². The summed E-state index contributed by atoms with van der Waals surface area (Å²) in [5.74, 6) is 0.445. The lowest BCUT2D eigenvalue weighted by Gasteiger charge is -2.37. The third-order valence-corrected chi connectivity index (χ3v) is 7.03. The molecule has 2 aliphatic heterocycles. The molecule has 1 atom stereocenters. The fraction of sp³-hybridized carbons (Fsp3) is 0.391. The molecular formula is C23H26N2OS. The van der Waals surface area contributed by atoms with Crippen molar-refractivity contribution in [2.24, 2.45) is 0 Å². The first-order valence-electron chi connectivity index (χ1n) is 9.81. The van der Waals surface area contributed by atoms with Gasteiger partial charge in [-0.15, -0.1) is 11.3 Å². The molecule has 0 N–H and O–H groups in total. The molecule has 27 heavy (non-hydrogen) atoms. The van der Waals surface area contributed by atoms with Gasteiger partial charge < -0.3 is 14.5 Å². The lowest BCUT2D eigenvalue weighted by atomic mass is 9.82. The highest BCUT2D eigenvalue weighted by molar-refractivity contribution is 7.17. The summed E-state index contributed by atoms with van der Waals surface area (Å²) in [7, 11) is 2.25. The standard InChI is InChI=1S/C23H26N2OS/c1-16-20-14-24(2)15-21(17-3-6-23-18(13-17)7-12-27-23)19(20)4-5-22(16)25-8-10-26-11-9-25/h3-7,12-13,21H,8-11,14-15H2,1-2H3. The van der Waals surface area contributed by atoms with Gasteiger partial charge in [-0.2, -0.15) is 0 Å². The van der Waals surface area contributed by atoms with Gasteiger partial charge in [0.2, 0.25) is 0 Å². The Morgan fingerprint density at radius 1 is 1.07 bits per heavy atom. The number of morpholine rings is 1. The Hall–Kier alpha value is -1.88. The van der Waals surface area contributed by atoms with Crippen molar-refractivity contribution in [2.45, 2.75) is 19.4 Å². The lowest BCUT2D eigenvalue weighted by Crippen LogP contribution is -2.37. The number of benzene rings is 2. The van der Waals surface area contributed by atoms with Crippen LogP contribution < -0.4 is 4.90 Å². The summed E-state index contributed by atoms with van der Waals surface area (Å²) in [6.45, 7) is 8.08. The molecule has 1 fully saturated rings. The quantitative estimate of drug-likeness (QED) is 0.647. The average molecular weight is 379 g/mol. The largest absolute Gasteiger partial charge is 0.378 e. The molecule has 5 rings (SSSR count). The number of fused-ring (bicyclic) bond motifs is 2. The van der Waals surface area contributed by atoms with Crippen LogP contribution in [0.1, 0.15) is 28.2 Å². The maximum atomic E-state index is 5.55. The summed E-state index contributed by atoms with van der Waals surface area (Å²) in [5, 5.41) is 3.56. The minimum atomic E-state index is 0.445. The summed E-state index contributed by atoms with van der Waals surface area (Å²) < 4.78 is 6.92. The summed E-state index contributed by atoms with van der Waals surface area (Å²) in [6.07, 6.45) is 0. The van der Waals surface area contributed by atoms with Gasteiger partial charge in [0.25, 0.3) is 0 Å². The molecule has 0 aliphatic carbocycles. The van der Waals surface area contributed by atoms with Crippen LogP contribution in [0.3, 0.4) is 0 Å². The van der Waals surface area contributed by atoms with Crippen LogP contribution in [0.4, 0.5) is 5.69 Å². The fourth-order valence-electron chi connectivity index (χ4n) is 4.68. The number of likely N-dealkylation sites (N-methyl/N-ethyl adjacent to an activating group) is 1. The van der Waals surface area contributed by atoms with Gasteiger partial charge in [-0.25, -0.2) is 0 Å². The monoisotopic (exact) mass is 378 g/mol. The second-order valence-corrected chi connectivity index (χ2v) is 8.79. The van der Waals surface area contributed by atoms with E-state index in [9.17, 15) is 0 Å². The van der Waals surface area contributed by atoms with Gasteiger partial charge in [0.05, 0.1) is 13.2 Å². The number of thiophene rings is 1. The average Bonchev–Trinajstić information content (AvgIpc) is 3.17. The number of rotatable bonds is 2. The smallest absolute Gasteiger partial charge is 0.0642 e. The molecule has 4 heteroatoms. The van der Waals surface area contributed by atoms with E-state index in [1.165, 1.54) is 38.0 Å². The van der Waals surface area contributed by atoms with Crippen LogP contribution in [0.2, 0.25) is 0 Å². The highest BCUT2D eigenvalue weighted by atomic mass is 32.1. The number of nitrogens with zero attached hydrogens (tertiary/aromatic N) is 2. The Morgan fingerprint density at radius 2 is 1.93 bits per heavy atom. The van der Waals surface area contributed by atoms with Gasteiger partial charge in [0.1, 0.15) is 0 Å². The predicted octanol–water partition coefficient (Wildman–Crippen LogP) is 4.62. The molecule has 0 radical (unpaired) electrons. The molecule has 3 heterocycles. The van der Waals surface area contributed by atoms with Gasteiger partial charge in [-0.3, -0.25) is 0 Å². The molecule has 1 saturated heterocycles. The van der Waals surface area contributed by atoms with E-state index in [2.05, 4.69) is 65.5 Å². The van der Waals surface area contributed by atoms with E-state index in [1.807, 2.05) is 11.3 Å². The number of anilines is 1. The van der Waals surface area contributed by atoms with Crippen LogP contribution in [0.5, 0.6) is 0 Å². The van der Waals surface area contributed by atoms with Crippen molar-refractivity contribution >= 4 is 27.1 Å². The molecule has 0 amide bonds. The van der Waals surface area contributed by atoms with Gasteiger partial charge in [-0.1, -0.05) is 12.1 Å². The zero-order chi connectivity index (χ0) is 18.4. The minimum absolute atomic E-state index is 0.445. The van der Waals surface area contributed by atoms with E-state index in [4.69, 9.17) is 4.74 Å². The second kappa shape index (κ2) is 6.93. The van der Waals surface area contributed by atoms with Gasteiger partial charge in [0, 0.05) is 42.5 Å². The highest BCUT2D eigenvalue weighted by Gasteiger charge is 2.28. The zero-order valence-corrected chi connectivity index (χ0v) is 16.9. The van der Waals surface area contributed by atoms with Crippen LogP contribution in [-0.2, 0) is 11.3 Å². The second-order valence-electron chi connectivity index (χ2n) is 7.84. The van der Waals surface area contributed by atoms with E-state index < -0.39 is 0 Å². The van der Waals surface area contributed by atoms with Crippen LogP contribution in [0.25, 0.3) is 10.1 Å². The SMILES string of the molecule is Cc1c(N2CCOCC2)ccc2c1CN(C)CC2c1ccc2sccc2c1. The zero-order valence-electron chi connectivity index (χ0n) is 16.1. The van der Waals surface area contributed by atoms with Crippen LogP contribution in [-0.4, -0.2) is 44.8 Å². The Balaban J connectivity index is 1.57. The number of hydrogen-bond donors (Lipinski definition) is 0. The molecular weight excluding hydrogens is 352 g/mol. The Labute approximate surface area is 165 Å². The topological polar surface area (TPSA) is 15.7 Å². The normalized spacial score (nSPS) is 20.8. The van der Waals surface area contributed by atoms with E-state index in [-0.39, 0.29) is 0 Å². The van der Waals surface area contributed by atoms with Crippen LogP contribution in [0, 0.1) is 6.92 Å². The lowest BCUT2D eigenvalue weighted by molar-refractivity contribution is 0.122. The van der Waals surface area contributed by atoms with E-state index >= 15 is 0 Å². The molecule has 140 valence electrons. The highest BCUT2D eigenvalue weighted by Crippen LogP contribution is 2.39. The number of ether oxygens (including phenoxy) is 1. The maximum Gasteiger partial charge on any atom is 0.0642 e. The molecule has 0 saturated carbocycles. The fourth-order valence-corrected chi connectivity index (χ4v) is 5.45. The van der Waals surface area contributed by atoms with Crippen LogP contribution in [0.15, 0.2) is 41.8 Å². The van der Waals surface area contributed by atoms with Crippen molar-refractivity contribution in [2.75, 3.05) is 44.8 Å². The third-order valence-electron chi connectivity index (χ3n) is 6.13. The summed E-state index contributed by atoms with van der Waals surface area (Å²) >= 11 is 1.82. The van der Waals surface area contributed by atoms with E-state index in [0.717, 1.165) is 39.4 Å². The summed E-state index contributed by atoms with van der Waals surface area (Å²) in [6, 6.07) is 14.0. The Morgan fingerprint density at radius 3 is 2.78 bits per heavy atom. The van der Waals surface area contributed by atoms with Gasteiger partial charge in [0.15, 0.2) is 0 Å². The first-order chi connectivity index (χ1) is 13.2. The first kappa shape index (κ1) is 17.2. The van der Waals surface area contributed by atoms with E-state index in [1.54, 1.807) is 0 Å². The van der Waals surface area contributed by atoms with E-state index in [0.29, 0.717) is 5.92 Å². The maximum absolute atomic E-state index is 5.55. The molecule has 2 aliphatic rings. The predicted molar refractivity (Wildman–Crippen MR) is 114 cm³/mol. The third kappa shape index (κ3) is 3.06. The van der Waals surface area contributed by atoms with Crippen molar-refractivity contribution in [1.82, 2.24) is 4.90 Å². The van der Waals surface area contributed by atoms with Crippen molar-refractivity contribution < 1.29 is 4.74 Å². The molecule has 1 unspecified atom stereocenters. The van der Waals surface area contributed by atoms with Crippen molar-refractivity contribution in [3.8, 4) is 0 Å². The van der Waals surface area contributed by atoms with Crippen molar-refractivity contribution in [1.29, 1.82) is 0 Å². The molecule has 1 aromatic heterocycles. The summed E-state index contributed by atoms with van der Waals surface area (Å²) in [5.41, 5.74) is 7.30. The molecule has 2 aromatic carbocycles. The van der Waals surface area contributed by atoms with Crippen molar-refractivity contribution in [3.05, 3.63) is 64.0 Å². The summed E-state index contributed by atoms with van der Waals surface area (Å²) in [4.78, 5) is 4.96. The molecule has 3 aromatic rings. The van der Waals surface area contributed by atoms with Crippen LogP contribution >= 0.6 is 11.3 Å². The molecule has 0 spiro atoms. The first-order valence-corrected chi connectivity index (χ1v) is 10.7. The number of hydrogen-bond acceptors (Lipinski definition) is 4. The molecule has 0 bridgehead atoms.